The number of para-hydroxylation sites is 1. The Morgan fingerprint density at radius 3 is 2.52 bits per heavy atom. The lowest BCUT2D eigenvalue weighted by Gasteiger charge is -2.38. The molecule has 1 N–H and O–H groups in total. The highest BCUT2D eigenvalue weighted by Gasteiger charge is 2.35. The molecule has 142 valence electrons. The van der Waals surface area contributed by atoms with Gasteiger partial charge in [-0.15, -0.1) is 0 Å². The SMILES string of the molecule is O=C(NCc1ccc(F)cc1F)C1CN(C(=O)COc2ccccc2F)C1. The normalized spacial score (nSPS) is 13.8. The molecule has 2 amide bonds. The molecule has 1 aliphatic rings. The third kappa shape index (κ3) is 4.58. The highest BCUT2D eigenvalue weighted by atomic mass is 19.1. The van der Waals surface area contributed by atoms with Crippen LogP contribution >= 0.6 is 0 Å². The fourth-order valence-corrected chi connectivity index (χ4v) is 2.63. The first-order valence-corrected chi connectivity index (χ1v) is 8.31. The van der Waals surface area contributed by atoms with Crippen molar-refractivity contribution in [3.8, 4) is 5.75 Å². The van der Waals surface area contributed by atoms with Crippen LogP contribution in [0.3, 0.4) is 0 Å². The lowest BCUT2D eigenvalue weighted by molar-refractivity contribution is -0.144. The van der Waals surface area contributed by atoms with Gasteiger partial charge in [-0.2, -0.15) is 0 Å². The molecule has 0 atom stereocenters. The number of hydrogen-bond acceptors (Lipinski definition) is 3. The van der Waals surface area contributed by atoms with E-state index in [1.807, 2.05) is 0 Å². The molecule has 1 fully saturated rings. The van der Waals surface area contributed by atoms with Crippen molar-refractivity contribution >= 4 is 11.8 Å². The number of halogens is 3. The number of amides is 2. The summed E-state index contributed by atoms with van der Waals surface area (Å²) < 4.78 is 45.0. The first-order valence-electron chi connectivity index (χ1n) is 8.31. The zero-order chi connectivity index (χ0) is 19.4. The van der Waals surface area contributed by atoms with Crippen molar-refractivity contribution in [2.45, 2.75) is 6.54 Å². The van der Waals surface area contributed by atoms with Crippen LogP contribution in [0.4, 0.5) is 13.2 Å². The smallest absolute Gasteiger partial charge is 0.260 e. The summed E-state index contributed by atoms with van der Waals surface area (Å²) in [5.41, 5.74) is 0.176. The summed E-state index contributed by atoms with van der Waals surface area (Å²) in [6.45, 7) is 0.0241. The number of likely N-dealkylation sites (tertiary alicyclic amines) is 1. The molecular formula is C19H17F3N2O3. The Kier molecular flexibility index (Phi) is 5.63. The molecule has 0 aromatic heterocycles. The molecule has 0 radical (unpaired) electrons. The van der Waals surface area contributed by atoms with Crippen molar-refractivity contribution in [2.24, 2.45) is 5.92 Å². The molecule has 0 unspecified atom stereocenters. The van der Waals surface area contributed by atoms with Gasteiger partial charge in [0.05, 0.1) is 5.92 Å². The zero-order valence-corrected chi connectivity index (χ0v) is 14.3. The van der Waals surface area contributed by atoms with Crippen molar-refractivity contribution in [3.05, 3.63) is 65.5 Å². The minimum Gasteiger partial charge on any atom is -0.481 e. The van der Waals surface area contributed by atoms with Gasteiger partial charge in [0, 0.05) is 31.3 Å². The summed E-state index contributed by atoms with van der Waals surface area (Å²) in [5, 5.41) is 2.57. The Morgan fingerprint density at radius 2 is 1.81 bits per heavy atom. The molecule has 0 bridgehead atoms. The van der Waals surface area contributed by atoms with E-state index in [9.17, 15) is 22.8 Å². The Bertz CT molecular complexity index is 854. The molecule has 1 aliphatic heterocycles. The van der Waals surface area contributed by atoms with Gasteiger partial charge in [0.1, 0.15) is 11.6 Å². The highest BCUT2D eigenvalue weighted by molar-refractivity contribution is 5.85. The van der Waals surface area contributed by atoms with Crippen LogP contribution in [0.25, 0.3) is 0 Å². The largest absolute Gasteiger partial charge is 0.481 e. The first-order chi connectivity index (χ1) is 12.9. The number of benzene rings is 2. The second kappa shape index (κ2) is 8.11. The average Bonchev–Trinajstić information content (AvgIpc) is 2.59. The molecule has 8 heteroatoms. The Balaban J connectivity index is 1.41. The van der Waals surface area contributed by atoms with Gasteiger partial charge >= 0.3 is 0 Å². The third-order valence-electron chi connectivity index (χ3n) is 4.26. The molecule has 5 nitrogen and oxygen atoms in total. The predicted molar refractivity (Wildman–Crippen MR) is 90.2 cm³/mol. The molecule has 3 rings (SSSR count). The number of rotatable bonds is 6. The predicted octanol–water partition coefficient (Wildman–Crippen LogP) is 2.26. The van der Waals surface area contributed by atoms with Crippen LogP contribution in [0.2, 0.25) is 0 Å². The Labute approximate surface area is 153 Å². The van der Waals surface area contributed by atoms with Crippen molar-refractivity contribution in [2.75, 3.05) is 19.7 Å². The highest BCUT2D eigenvalue weighted by Crippen LogP contribution is 2.19. The van der Waals surface area contributed by atoms with Gasteiger partial charge in [-0.3, -0.25) is 9.59 Å². The number of ether oxygens (including phenoxy) is 1. The van der Waals surface area contributed by atoms with Gasteiger partial charge in [0.15, 0.2) is 18.2 Å². The number of carbonyl (C=O) groups excluding carboxylic acids is 2. The molecule has 2 aromatic rings. The number of nitrogens with zero attached hydrogens (tertiary/aromatic N) is 1. The lowest BCUT2D eigenvalue weighted by atomic mass is 9.99. The Morgan fingerprint density at radius 1 is 1.07 bits per heavy atom. The fraction of sp³-hybridized carbons (Fsp3) is 0.263. The van der Waals surface area contributed by atoms with Crippen LogP contribution in [0, 0.1) is 23.4 Å². The fourth-order valence-electron chi connectivity index (χ4n) is 2.63. The van der Waals surface area contributed by atoms with Gasteiger partial charge < -0.3 is 15.0 Å². The van der Waals surface area contributed by atoms with Crippen LogP contribution in [0.1, 0.15) is 5.56 Å². The van der Waals surface area contributed by atoms with Crippen LogP contribution < -0.4 is 10.1 Å². The van der Waals surface area contributed by atoms with Crippen LogP contribution in [-0.2, 0) is 16.1 Å². The van der Waals surface area contributed by atoms with E-state index in [1.54, 1.807) is 6.07 Å². The molecule has 2 aromatic carbocycles. The van der Waals surface area contributed by atoms with Gasteiger partial charge in [-0.05, 0) is 18.2 Å². The van der Waals surface area contributed by atoms with E-state index in [1.165, 1.54) is 29.2 Å². The van der Waals surface area contributed by atoms with Crippen molar-refractivity contribution in [1.29, 1.82) is 0 Å². The second-order valence-corrected chi connectivity index (χ2v) is 6.17. The summed E-state index contributed by atoms with van der Waals surface area (Å²) >= 11 is 0. The standard InChI is InChI=1S/C19H17F3N2O3/c20-14-6-5-12(16(22)7-14)8-23-19(26)13-9-24(10-13)18(25)11-27-17-4-2-1-3-15(17)21/h1-7,13H,8-11H2,(H,23,26). The molecule has 0 aliphatic carbocycles. The van der Waals surface area contributed by atoms with E-state index in [2.05, 4.69) is 5.32 Å². The lowest BCUT2D eigenvalue weighted by Crippen LogP contribution is -2.56. The monoisotopic (exact) mass is 378 g/mol. The summed E-state index contributed by atoms with van der Waals surface area (Å²) in [5.74, 6) is -3.07. The van der Waals surface area contributed by atoms with E-state index in [-0.39, 0.29) is 49.4 Å². The second-order valence-electron chi connectivity index (χ2n) is 6.17. The molecule has 27 heavy (non-hydrogen) atoms. The molecule has 0 spiro atoms. The summed E-state index contributed by atoms with van der Waals surface area (Å²) in [7, 11) is 0. The van der Waals surface area contributed by atoms with E-state index in [0.29, 0.717) is 0 Å². The van der Waals surface area contributed by atoms with Crippen molar-refractivity contribution in [3.63, 3.8) is 0 Å². The van der Waals surface area contributed by atoms with Gasteiger partial charge in [0.25, 0.3) is 5.91 Å². The summed E-state index contributed by atoms with van der Waals surface area (Å²) in [4.78, 5) is 25.5. The van der Waals surface area contributed by atoms with Gasteiger partial charge in [-0.25, -0.2) is 13.2 Å². The first kappa shape index (κ1) is 18.8. The number of nitrogens with one attached hydrogen (secondary N) is 1. The van der Waals surface area contributed by atoms with Crippen LogP contribution in [-0.4, -0.2) is 36.4 Å². The molecular weight excluding hydrogens is 361 g/mol. The van der Waals surface area contributed by atoms with Crippen molar-refractivity contribution in [1.82, 2.24) is 10.2 Å². The topological polar surface area (TPSA) is 58.6 Å². The quantitative estimate of drug-likeness (QED) is 0.839. The minimum atomic E-state index is -0.731. The molecule has 1 saturated heterocycles. The zero-order valence-electron chi connectivity index (χ0n) is 14.3. The maximum Gasteiger partial charge on any atom is 0.260 e. The minimum absolute atomic E-state index is 0.0120. The van der Waals surface area contributed by atoms with Gasteiger partial charge in [-0.1, -0.05) is 18.2 Å². The van der Waals surface area contributed by atoms with Crippen molar-refractivity contribution < 1.29 is 27.5 Å². The maximum atomic E-state index is 13.5. The Hall–Kier alpha value is -3.03. The van der Waals surface area contributed by atoms with Crippen LogP contribution in [0.5, 0.6) is 5.75 Å². The van der Waals surface area contributed by atoms with E-state index >= 15 is 0 Å². The average molecular weight is 378 g/mol. The summed E-state index contributed by atoms with van der Waals surface area (Å²) in [6, 6.07) is 8.89. The maximum absolute atomic E-state index is 13.5. The van der Waals surface area contributed by atoms with Crippen LogP contribution in [0.15, 0.2) is 42.5 Å². The number of hydrogen-bond donors (Lipinski definition) is 1. The third-order valence-corrected chi connectivity index (χ3v) is 4.26. The molecule has 1 heterocycles. The number of carbonyl (C=O) groups is 2. The molecule has 0 saturated carbocycles. The van der Waals surface area contributed by atoms with Gasteiger partial charge in [0.2, 0.25) is 5.91 Å². The summed E-state index contributed by atoms with van der Waals surface area (Å²) in [6.07, 6.45) is 0. The van der Waals surface area contributed by atoms with E-state index in [0.717, 1.165) is 12.1 Å². The van der Waals surface area contributed by atoms with E-state index < -0.39 is 23.4 Å². The van der Waals surface area contributed by atoms with E-state index in [4.69, 9.17) is 4.74 Å².